The standard InChI is InChI=1S/C15H12N4.3C2H6/c1-19-12-8-4-2-6-10(12)14-15(17-18-16-14)11-7-3-5-9-13(11)19;3*1-2/h2-9H,1H3,(H,16,17,18);3*1-2H3. The van der Waals surface area contributed by atoms with Gasteiger partial charge in [0.2, 0.25) is 0 Å². The van der Waals surface area contributed by atoms with Crippen molar-refractivity contribution >= 4 is 11.4 Å². The summed E-state index contributed by atoms with van der Waals surface area (Å²) in [5, 5.41) is 11.4. The van der Waals surface area contributed by atoms with E-state index >= 15 is 0 Å². The van der Waals surface area contributed by atoms with Crippen molar-refractivity contribution in [2.45, 2.75) is 41.5 Å². The highest BCUT2D eigenvalue weighted by Crippen LogP contribution is 2.44. The van der Waals surface area contributed by atoms with Crippen molar-refractivity contribution < 1.29 is 0 Å². The number of hydrogen-bond acceptors (Lipinski definition) is 3. The summed E-state index contributed by atoms with van der Waals surface area (Å²) < 4.78 is 0. The first-order chi connectivity index (χ1) is 12.4. The molecular formula is C21H30N4. The zero-order chi connectivity index (χ0) is 18.8. The summed E-state index contributed by atoms with van der Waals surface area (Å²) in [6.45, 7) is 12.0. The van der Waals surface area contributed by atoms with Gasteiger partial charge in [-0.15, -0.1) is 0 Å². The van der Waals surface area contributed by atoms with Crippen molar-refractivity contribution in [3.8, 4) is 22.5 Å². The molecule has 0 saturated heterocycles. The molecule has 0 aliphatic carbocycles. The molecule has 1 aliphatic heterocycles. The quantitative estimate of drug-likeness (QED) is 0.523. The van der Waals surface area contributed by atoms with Crippen LogP contribution in [0.5, 0.6) is 0 Å². The highest BCUT2D eigenvalue weighted by molar-refractivity contribution is 5.95. The molecule has 0 amide bonds. The number of rotatable bonds is 0. The van der Waals surface area contributed by atoms with Crippen molar-refractivity contribution in [1.82, 2.24) is 15.4 Å². The fraction of sp³-hybridized carbons (Fsp3) is 0.333. The number of hydrogen-bond donors (Lipinski definition) is 1. The lowest BCUT2D eigenvalue weighted by molar-refractivity contribution is 0.943. The fourth-order valence-corrected chi connectivity index (χ4v) is 2.67. The van der Waals surface area contributed by atoms with E-state index in [0.717, 1.165) is 33.9 Å². The van der Waals surface area contributed by atoms with Gasteiger partial charge in [-0.3, -0.25) is 0 Å². The number of anilines is 2. The number of aromatic amines is 1. The highest BCUT2D eigenvalue weighted by atomic mass is 15.3. The Bertz CT molecular complexity index is 700. The van der Waals surface area contributed by atoms with E-state index in [0.29, 0.717) is 0 Å². The molecule has 0 unspecified atom stereocenters. The minimum atomic E-state index is 0.910. The molecule has 134 valence electrons. The van der Waals surface area contributed by atoms with Crippen LogP contribution in [0.2, 0.25) is 0 Å². The van der Waals surface area contributed by atoms with Crippen molar-refractivity contribution in [3.05, 3.63) is 48.5 Å². The van der Waals surface area contributed by atoms with Crippen molar-refractivity contribution in [2.24, 2.45) is 0 Å². The van der Waals surface area contributed by atoms with E-state index in [1.54, 1.807) is 0 Å². The Hall–Kier alpha value is -2.62. The minimum Gasteiger partial charge on any atom is -0.344 e. The number of fused-ring (bicyclic) bond motifs is 5. The molecule has 3 aromatic rings. The SMILES string of the molecule is CC.CC.CC.CN1c2ccccc2-c2n[nH]nc2-c2ccccc21. The summed E-state index contributed by atoms with van der Waals surface area (Å²) in [7, 11) is 2.08. The number of para-hydroxylation sites is 2. The molecule has 0 atom stereocenters. The van der Waals surface area contributed by atoms with Gasteiger partial charge in [0.05, 0.1) is 11.4 Å². The number of nitrogens with zero attached hydrogens (tertiary/aromatic N) is 3. The first-order valence-corrected chi connectivity index (χ1v) is 9.19. The molecule has 0 bridgehead atoms. The summed E-state index contributed by atoms with van der Waals surface area (Å²) in [6.07, 6.45) is 0. The molecule has 0 fully saturated rings. The van der Waals surface area contributed by atoms with Crippen LogP contribution in [0.4, 0.5) is 11.4 Å². The van der Waals surface area contributed by atoms with E-state index in [1.807, 2.05) is 65.8 Å². The van der Waals surface area contributed by atoms with E-state index < -0.39 is 0 Å². The van der Waals surface area contributed by atoms with Gasteiger partial charge >= 0.3 is 0 Å². The van der Waals surface area contributed by atoms with Crippen LogP contribution in [-0.2, 0) is 0 Å². The largest absolute Gasteiger partial charge is 0.344 e. The Morgan fingerprint density at radius 1 is 0.640 bits per heavy atom. The van der Waals surface area contributed by atoms with Crippen LogP contribution >= 0.6 is 0 Å². The molecule has 4 heteroatoms. The van der Waals surface area contributed by atoms with Gasteiger partial charge in [-0.05, 0) is 12.1 Å². The number of aromatic nitrogens is 3. The van der Waals surface area contributed by atoms with E-state index in [1.165, 1.54) is 0 Å². The molecule has 4 rings (SSSR count). The molecule has 1 N–H and O–H groups in total. The van der Waals surface area contributed by atoms with Crippen LogP contribution in [0.25, 0.3) is 22.5 Å². The summed E-state index contributed by atoms with van der Waals surface area (Å²) in [4.78, 5) is 2.19. The van der Waals surface area contributed by atoms with Crippen LogP contribution in [0.3, 0.4) is 0 Å². The van der Waals surface area contributed by atoms with Gasteiger partial charge in [-0.1, -0.05) is 77.9 Å². The molecule has 2 heterocycles. The maximum absolute atomic E-state index is 4.33. The summed E-state index contributed by atoms with van der Waals surface area (Å²) in [5.41, 5.74) is 6.31. The lowest BCUT2D eigenvalue weighted by Crippen LogP contribution is -2.10. The van der Waals surface area contributed by atoms with Gasteiger partial charge in [0.25, 0.3) is 0 Å². The van der Waals surface area contributed by atoms with Gasteiger partial charge in [0.15, 0.2) is 0 Å². The van der Waals surface area contributed by atoms with Gasteiger partial charge in [-0.2, -0.15) is 15.4 Å². The molecule has 1 aromatic heterocycles. The molecule has 0 radical (unpaired) electrons. The van der Waals surface area contributed by atoms with Crippen molar-refractivity contribution in [2.75, 3.05) is 11.9 Å². The van der Waals surface area contributed by atoms with E-state index in [-0.39, 0.29) is 0 Å². The second-order valence-electron chi connectivity index (χ2n) is 4.61. The normalized spacial score (nSPS) is 10.1. The Labute approximate surface area is 151 Å². The maximum atomic E-state index is 4.33. The van der Waals surface area contributed by atoms with Gasteiger partial charge in [-0.25, -0.2) is 0 Å². The molecule has 4 nitrogen and oxygen atoms in total. The topological polar surface area (TPSA) is 44.8 Å². The van der Waals surface area contributed by atoms with E-state index in [9.17, 15) is 0 Å². The smallest absolute Gasteiger partial charge is 0.122 e. The average molecular weight is 338 g/mol. The van der Waals surface area contributed by atoms with E-state index in [2.05, 4.69) is 51.6 Å². The summed E-state index contributed by atoms with van der Waals surface area (Å²) in [6, 6.07) is 16.5. The van der Waals surface area contributed by atoms with Crippen molar-refractivity contribution in [3.63, 3.8) is 0 Å². The number of H-pyrrole nitrogens is 1. The maximum Gasteiger partial charge on any atom is 0.122 e. The van der Waals surface area contributed by atoms with Crippen LogP contribution in [0, 0.1) is 0 Å². The average Bonchev–Trinajstić information content (AvgIpc) is 3.18. The summed E-state index contributed by atoms with van der Waals surface area (Å²) in [5.74, 6) is 0. The third kappa shape index (κ3) is 3.90. The highest BCUT2D eigenvalue weighted by Gasteiger charge is 2.24. The predicted molar refractivity (Wildman–Crippen MR) is 109 cm³/mol. The molecule has 0 saturated carbocycles. The third-order valence-corrected chi connectivity index (χ3v) is 3.59. The monoisotopic (exact) mass is 338 g/mol. The van der Waals surface area contributed by atoms with E-state index in [4.69, 9.17) is 0 Å². The third-order valence-electron chi connectivity index (χ3n) is 3.59. The second-order valence-corrected chi connectivity index (χ2v) is 4.61. The Kier molecular flexibility index (Phi) is 8.40. The van der Waals surface area contributed by atoms with Gasteiger partial charge < -0.3 is 4.90 Å². The summed E-state index contributed by atoms with van der Waals surface area (Å²) >= 11 is 0. The zero-order valence-electron chi connectivity index (χ0n) is 16.5. The van der Waals surface area contributed by atoms with Crippen LogP contribution in [0.1, 0.15) is 41.5 Å². The Morgan fingerprint density at radius 2 is 1.00 bits per heavy atom. The number of nitrogens with one attached hydrogen (secondary N) is 1. The second kappa shape index (κ2) is 10.3. The molecule has 25 heavy (non-hydrogen) atoms. The first-order valence-electron chi connectivity index (χ1n) is 9.19. The Balaban J connectivity index is 0.000000475. The predicted octanol–water partition coefficient (Wildman–Crippen LogP) is 6.30. The molecule has 1 aliphatic rings. The minimum absolute atomic E-state index is 0.910. The van der Waals surface area contributed by atoms with Gasteiger partial charge in [0.1, 0.15) is 11.4 Å². The van der Waals surface area contributed by atoms with Crippen LogP contribution in [0.15, 0.2) is 48.5 Å². The van der Waals surface area contributed by atoms with Gasteiger partial charge in [0, 0.05) is 18.2 Å². The molecule has 0 spiro atoms. The number of benzene rings is 2. The van der Waals surface area contributed by atoms with Crippen LogP contribution in [-0.4, -0.2) is 22.5 Å². The first kappa shape index (κ1) is 20.4. The van der Waals surface area contributed by atoms with Crippen molar-refractivity contribution in [1.29, 1.82) is 0 Å². The molecular weight excluding hydrogens is 308 g/mol. The Morgan fingerprint density at radius 3 is 1.40 bits per heavy atom. The fourth-order valence-electron chi connectivity index (χ4n) is 2.67. The lowest BCUT2D eigenvalue weighted by atomic mass is 10.1. The lowest BCUT2D eigenvalue weighted by Gasteiger charge is -2.21. The zero-order valence-corrected chi connectivity index (χ0v) is 16.5. The van der Waals surface area contributed by atoms with Crippen LogP contribution < -0.4 is 4.90 Å². The molecule has 2 aromatic carbocycles.